The number of rotatable bonds is 5. The fourth-order valence-electron chi connectivity index (χ4n) is 2.51. The first-order valence-corrected chi connectivity index (χ1v) is 9.18. The molecule has 0 spiro atoms. The smallest absolute Gasteiger partial charge is 0.191 e. The Morgan fingerprint density at radius 2 is 1.81 bits per heavy atom. The summed E-state index contributed by atoms with van der Waals surface area (Å²) in [6, 6.07) is 16.7. The van der Waals surface area contributed by atoms with Crippen LogP contribution >= 0.6 is 35.3 Å². The average molecular weight is 496 g/mol. The van der Waals surface area contributed by atoms with Crippen molar-refractivity contribution in [2.75, 3.05) is 7.05 Å². The fraction of sp³-hybridized carbons (Fsp3) is 0.200. The van der Waals surface area contributed by atoms with Crippen LogP contribution in [0.5, 0.6) is 0 Å². The summed E-state index contributed by atoms with van der Waals surface area (Å²) in [5, 5.41) is 7.51. The molecule has 0 bridgehead atoms. The van der Waals surface area contributed by atoms with Crippen LogP contribution in [0.4, 0.5) is 4.39 Å². The van der Waals surface area contributed by atoms with Crippen LogP contribution in [0.15, 0.2) is 59.6 Å². The highest BCUT2D eigenvalue weighted by atomic mass is 127. The van der Waals surface area contributed by atoms with Crippen molar-refractivity contribution < 1.29 is 4.39 Å². The highest BCUT2D eigenvalue weighted by Crippen LogP contribution is 2.27. The minimum Gasteiger partial charge on any atom is -0.352 e. The molecule has 0 saturated carbocycles. The summed E-state index contributed by atoms with van der Waals surface area (Å²) in [4.78, 5) is 10.0. The number of halogens is 2. The molecular formula is C20H22FIN4S. The summed E-state index contributed by atoms with van der Waals surface area (Å²) in [5.41, 5.74) is 3.01. The van der Waals surface area contributed by atoms with E-state index in [9.17, 15) is 4.39 Å². The molecule has 1 heterocycles. The van der Waals surface area contributed by atoms with Gasteiger partial charge in [-0.05, 0) is 24.6 Å². The molecule has 0 atom stereocenters. The molecule has 1 aromatic heterocycles. The van der Waals surface area contributed by atoms with Gasteiger partial charge in [-0.1, -0.05) is 42.5 Å². The van der Waals surface area contributed by atoms with Gasteiger partial charge in [0.25, 0.3) is 0 Å². The quantitative estimate of drug-likeness (QED) is 0.305. The van der Waals surface area contributed by atoms with E-state index in [4.69, 9.17) is 0 Å². The molecule has 3 rings (SSSR count). The maximum atomic E-state index is 13.3. The van der Waals surface area contributed by atoms with Gasteiger partial charge in [-0.25, -0.2) is 9.37 Å². The highest BCUT2D eigenvalue weighted by Gasteiger charge is 2.10. The number of aromatic nitrogens is 1. The van der Waals surface area contributed by atoms with Crippen molar-refractivity contribution in [1.82, 2.24) is 15.6 Å². The summed E-state index contributed by atoms with van der Waals surface area (Å²) >= 11 is 1.68. The van der Waals surface area contributed by atoms with Gasteiger partial charge in [-0.15, -0.1) is 35.3 Å². The molecule has 0 unspecified atom stereocenters. The lowest BCUT2D eigenvalue weighted by Gasteiger charge is -2.11. The van der Waals surface area contributed by atoms with Gasteiger partial charge in [0.1, 0.15) is 10.8 Å². The Bertz CT molecular complexity index is 896. The van der Waals surface area contributed by atoms with Crippen molar-refractivity contribution in [2.24, 2.45) is 4.99 Å². The lowest BCUT2D eigenvalue weighted by atomic mass is 10.2. The molecule has 0 aliphatic rings. The van der Waals surface area contributed by atoms with Gasteiger partial charge in [0.15, 0.2) is 5.96 Å². The summed E-state index contributed by atoms with van der Waals surface area (Å²) < 4.78 is 13.3. The summed E-state index contributed by atoms with van der Waals surface area (Å²) in [6.07, 6.45) is 0. The number of guanidine groups is 1. The van der Waals surface area contributed by atoms with Gasteiger partial charge in [-0.3, -0.25) is 4.99 Å². The van der Waals surface area contributed by atoms with Crippen molar-refractivity contribution >= 4 is 41.3 Å². The van der Waals surface area contributed by atoms with Gasteiger partial charge < -0.3 is 10.6 Å². The zero-order chi connectivity index (χ0) is 18.4. The second-order valence-corrected chi connectivity index (χ2v) is 6.89. The first kappa shape index (κ1) is 21.3. The Hall–Kier alpha value is -2.00. The van der Waals surface area contributed by atoms with E-state index in [2.05, 4.69) is 32.7 Å². The SMILES string of the molecule is CN=C(NCc1cccc(F)c1)NCc1sc(-c2ccccc2)nc1C.I. The Morgan fingerprint density at radius 3 is 2.52 bits per heavy atom. The zero-order valence-electron chi connectivity index (χ0n) is 15.2. The molecule has 7 heteroatoms. The first-order chi connectivity index (χ1) is 12.7. The van der Waals surface area contributed by atoms with E-state index in [0.29, 0.717) is 19.0 Å². The molecule has 0 aliphatic carbocycles. The number of thiazole rings is 1. The van der Waals surface area contributed by atoms with E-state index in [0.717, 1.165) is 26.7 Å². The normalized spacial score (nSPS) is 11.0. The van der Waals surface area contributed by atoms with Crippen molar-refractivity contribution in [3.05, 3.63) is 76.5 Å². The minimum atomic E-state index is -0.235. The molecule has 4 nitrogen and oxygen atoms in total. The van der Waals surface area contributed by atoms with Crippen LogP contribution in [0.25, 0.3) is 10.6 Å². The predicted molar refractivity (Wildman–Crippen MR) is 121 cm³/mol. The molecule has 0 aliphatic heterocycles. The van der Waals surface area contributed by atoms with Crippen LogP contribution < -0.4 is 10.6 Å². The fourth-order valence-corrected chi connectivity index (χ4v) is 3.52. The summed E-state index contributed by atoms with van der Waals surface area (Å²) in [5.74, 6) is 0.435. The topological polar surface area (TPSA) is 49.3 Å². The maximum Gasteiger partial charge on any atom is 0.191 e. The molecule has 142 valence electrons. The molecule has 0 saturated heterocycles. The Balaban J connectivity index is 0.00000261. The van der Waals surface area contributed by atoms with Gasteiger partial charge in [-0.2, -0.15) is 0 Å². The molecule has 0 amide bonds. The largest absolute Gasteiger partial charge is 0.352 e. The third-order valence-electron chi connectivity index (χ3n) is 3.90. The Morgan fingerprint density at radius 1 is 1.07 bits per heavy atom. The lowest BCUT2D eigenvalue weighted by molar-refractivity contribution is 0.624. The first-order valence-electron chi connectivity index (χ1n) is 8.36. The number of aliphatic imine (C=N–C) groups is 1. The van der Waals surface area contributed by atoms with Gasteiger partial charge in [0.2, 0.25) is 0 Å². The number of benzene rings is 2. The van der Waals surface area contributed by atoms with E-state index in [1.165, 1.54) is 12.1 Å². The number of nitrogens with one attached hydrogen (secondary N) is 2. The highest BCUT2D eigenvalue weighted by molar-refractivity contribution is 14.0. The van der Waals surface area contributed by atoms with Crippen molar-refractivity contribution in [3.8, 4) is 10.6 Å². The number of aryl methyl sites for hydroxylation is 1. The van der Waals surface area contributed by atoms with Crippen LogP contribution in [-0.4, -0.2) is 18.0 Å². The van der Waals surface area contributed by atoms with Crippen LogP contribution in [0.3, 0.4) is 0 Å². The molecule has 27 heavy (non-hydrogen) atoms. The van der Waals surface area contributed by atoms with E-state index >= 15 is 0 Å². The van der Waals surface area contributed by atoms with E-state index < -0.39 is 0 Å². The van der Waals surface area contributed by atoms with E-state index in [-0.39, 0.29) is 29.8 Å². The number of nitrogens with zero attached hydrogens (tertiary/aromatic N) is 2. The second-order valence-electron chi connectivity index (χ2n) is 5.80. The molecule has 2 aromatic carbocycles. The van der Waals surface area contributed by atoms with Gasteiger partial charge in [0, 0.05) is 24.0 Å². The van der Waals surface area contributed by atoms with Crippen molar-refractivity contribution in [2.45, 2.75) is 20.0 Å². The molecular weight excluding hydrogens is 474 g/mol. The van der Waals surface area contributed by atoms with E-state index in [1.54, 1.807) is 24.5 Å². The van der Waals surface area contributed by atoms with Crippen LogP contribution in [0.2, 0.25) is 0 Å². The Labute approximate surface area is 180 Å². The maximum absolute atomic E-state index is 13.3. The summed E-state index contributed by atoms with van der Waals surface area (Å²) in [6.45, 7) is 3.16. The van der Waals surface area contributed by atoms with Crippen LogP contribution in [-0.2, 0) is 13.1 Å². The molecule has 2 N–H and O–H groups in total. The van der Waals surface area contributed by atoms with Crippen LogP contribution in [0, 0.1) is 12.7 Å². The second kappa shape index (κ2) is 10.4. The standard InChI is InChI=1S/C20H21FN4S.HI/c1-14-18(26-19(25-14)16-8-4-3-5-9-16)13-24-20(22-2)23-12-15-7-6-10-17(21)11-15;/h3-11H,12-13H2,1-2H3,(H2,22,23,24);1H. The summed E-state index contributed by atoms with van der Waals surface area (Å²) in [7, 11) is 1.72. The van der Waals surface area contributed by atoms with Crippen molar-refractivity contribution in [3.63, 3.8) is 0 Å². The monoisotopic (exact) mass is 496 g/mol. The molecule has 0 fully saturated rings. The number of hydrogen-bond acceptors (Lipinski definition) is 3. The third kappa shape index (κ3) is 6.00. The van der Waals surface area contributed by atoms with Gasteiger partial charge in [0.05, 0.1) is 12.2 Å². The predicted octanol–water partition coefficient (Wildman–Crippen LogP) is 4.74. The average Bonchev–Trinajstić information content (AvgIpc) is 3.03. The zero-order valence-corrected chi connectivity index (χ0v) is 18.3. The lowest BCUT2D eigenvalue weighted by Crippen LogP contribution is -2.36. The minimum absolute atomic E-state index is 0. The number of hydrogen-bond donors (Lipinski definition) is 2. The molecule has 0 radical (unpaired) electrons. The third-order valence-corrected chi connectivity index (χ3v) is 5.11. The van der Waals surface area contributed by atoms with Gasteiger partial charge >= 0.3 is 0 Å². The molecule has 3 aromatic rings. The van der Waals surface area contributed by atoms with E-state index in [1.807, 2.05) is 31.2 Å². The van der Waals surface area contributed by atoms with Crippen molar-refractivity contribution in [1.29, 1.82) is 0 Å². The van der Waals surface area contributed by atoms with Crippen LogP contribution in [0.1, 0.15) is 16.1 Å². The Kier molecular flexibility index (Phi) is 8.18.